The van der Waals surface area contributed by atoms with Gasteiger partial charge in [0, 0.05) is 11.6 Å². The Kier molecular flexibility index (Phi) is 4.10. The summed E-state index contributed by atoms with van der Waals surface area (Å²) in [5, 5.41) is 0. The summed E-state index contributed by atoms with van der Waals surface area (Å²) >= 11 is 0. The summed E-state index contributed by atoms with van der Waals surface area (Å²) in [6, 6.07) is 10.3. The highest BCUT2D eigenvalue weighted by atomic mass is 17.2. The van der Waals surface area contributed by atoms with Crippen LogP contribution in [0.15, 0.2) is 51.9 Å². The Bertz CT molecular complexity index is 615. The fourth-order valence-electron chi connectivity index (χ4n) is 1.35. The molecule has 0 spiro atoms. The summed E-state index contributed by atoms with van der Waals surface area (Å²) in [5.41, 5.74) is 0.990. The van der Waals surface area contributed by atoms with Gasteiger partial charge in [0.2, 0.25) is 5.76 Å². The second-order valence-electron chi connectivity index (χ2n) is 3.91. The van der Waals surface area contributed by atoms with E-state index in [0.717, 1.165) is 11.6 Å². The molecule has 1 aromatic carbocycles. The van der Waals surface area contributed by atoms with Crippen LogP contribution in [0.4, 0.5) is 0 Å². The number of carbonyl (C=O) groups excluding carboxylic acids is 1. The van der Waals surface area contributed by atoms with Gasteiger partial charge in [-0.2, -0.15) is 4.89 Å². The third kappa shape index (κ3) is 3.53. The number of rotatable bonds is 4. The van der Waals surface area contributed by atoms with Gasteiger partial charge in [0.05, 0.1) is 6.26 Å². The predicted molar refractivity (Wildman–Crippen MR) is 66.4 cm³/mol. The number of hydrogen-bond donors (Lipinski definition) is 0. The van der Waals surface area contributed by atoms with Crippen molar-refractivity contribution in [2.24, 2.45) is 0 Å². The van der Waals surface area contributed by atoms with Crippen molar-refractivity contribution in [3.8, 4) is 0 Å². The smallest absolute Gasteiger partial charge is 0.408 e. The fourth-order valence-corrected chi connectivity index (χ4v) is 1.35. The van der Waals surface area contributed by atoms with Crippen LogP contribution < -0.4 is 5.43 Å². The van der Waals surface area contributed by atoms with E-state index in [0.29, 0.717) is 5.56 Å². The molecule has 0 N–H and O–H groups in total. The molecule has 0 radical (unpaired) electrons. The summed E-state index contributed by atoms with van der Waals surface area (Å²) in [5.74, 6) is -1.03. The zero-order valence-corrected chi connectivity index (χ0v) is 10.3. The van der Waals surface area contributed by atoms with Crippen LogP contribution >= 0.6 is 0 Å². The van der Waals surface area contributed by atoms with Gasteiger partial charge in [-0.1, -0.05) is 30.3 Å². The van der Waals surface area contributed by atoms with Gasteiger partial charge in [0.1, 0.15) is 6.61 Å². The largest absolute Gasteiger partial charge is 0.457 e. The first kappa shape index (κ1) is 13.0. The molecule has 5 heteroatoms. The first-order valence-corrected chi connectivity index (χ1v) is 5.64. The van der Waals surface area contributed by atoms with Crippen molar-refractivity contribution in [1.82, 2.24) is 0 Å². The molecule has 0 unspecified atom stereocenters. The Morgan fingerprint density at radius 3 is 2.68 bits per heavy atom. The molecule has 2 aromatic rings. The maximum absolute atomic E-state index is 11.5. The third-order valence-electron chi connectivity index (χ3n) is 2.42. The molecule has 5 nitrogen and oxygen atoms in total. The van der Waals surface area contributed by atoms with Gasteiger partial charge in [-0.3, -0.25) is 9.68 Å². The molecule has 0 amide bonds. The van der Waals surface area contributed by atoms with E-state index >= 15 is 0 Å². The summed E-state index contributed by atoms with van der Waals surface area (Å²) < 4.78 is 4.95. The Morgan fingerprint density at radius 2 is 2.00 bits per heavy atom. The SMILES string of the molecule is Cc1coc(C(=O)OOCc2ccccc2)cc1=O. The number of carbonyl (C=O) groups is 1. The van der Waals surface area contributed by atoms with Crippen LogP contribution in [-0.4, -0.2) is 5.97 Å². The summed E-state index contributed by atoms with van der Waals surface area (Å²) in [7, 11) is 0. The van der Waals surface area contributed by atoms with Gasteiger partial charge >= 0.3 is 5.97 Å². The summed E-state index contributed by atoms with van der Waals surface area (Å²) in [4.78, 5) is 32.2. The monoisotopic (exact) mass is 260 g/mol. The Hall–Kier alpha value is -2.40. The zero-order valence-electron chi connectivity index (χ0n) is 10.3. The highest BCUT2D eigenvalue weighted by Crippen LogP contribution is 2.04. The molecular formula is C14H12O5. The van der Waals surface area contributed by atoms with Crippen molar-refractivity contribution in [2.75, 3.05) is 0 Å². The predicted octanol–water partition coefficient (Wildman–Crippen LogP) is 2.24. The molecule has 0 bridgehead atoms. The summed E-state index contributed by atoms with van der Waals surface area (Å²) in [6.07, 6.45) is 1.20. The minimum Gasteiger partial charge on any atom is -0.457 e. The summed E-state index contributed by atoms with van der Waals surface area (Å²) in [6.45, 7) is 1.72. The molecule has 0 atom stereocenters. The highest BCUT2D eigenvalue weighted by Gasteiger charge is 2.13. The molecule has 19 heavy (non-hydrogen) atoms. The van der Waals surface area contributed by atoms with Crippen molar-refractivity contribution in [1.29, 1.82) is 0 Å². The lowest BCUT2D eigenvalue weighted by Crippen LogP contribution is -2.11. The van der Waals surface area contributed by atoms with Crippen molar-refractivity contribution in [3.63, 3.8) is 0 Å². The second-order valence-corrected chi connectivity index (χ2v) is 3.91. The minimum atomic E-state index is -0.840. The molecule has 1 aromatic heterocycles. The van der Waals surface area contributed by atoms with Gasteiger partial charge in [-0.05, 0) is 12.5 Å². The molecule has 0 aliphatic carbocycles. The molecule has 2 rings (SSSR count). The van der Waals surface area contributed by atoms with Crippen molar-refractivity contribution in [2.45, 2.75) is 13.5 Å². The first-order valence-electron chi connectivity index (χ1n) is 5.64. The van der Waals surface area contributed by atoms with E-state index in [1.807, 2.05) is 30.3 Å². The minimum absolute atomic E-state index is 0.128. The van der Waals surface area contributed by atoms with E-state index in [1.54, 1.807) is 6.92 Å². The van der Waals surface area contributed by atoms with Gasteiger partial charge in [0.25, 0.3) is 0 Å². The van der Waals surface area contributed by atoms with Gasteiger partial charge in [0.15, 0.2) is 5.43 Å². The molecule has 0 fully saturated rings. The molecule has 0 aliphatic heterocycles. The van der Waals surface area contributed by atoms with Gasteiger partial charge in [-0.25, -0.2) is 4.79 Å². The highest BCUT2D eigenvalue weighted by molar-refractivity contribution is 5.85. The van der Waals surface area contributed by atoms with E-state index in [9.17, 15) is 9.59 Å². The topological polar surface area (TPSA) is 65.7 Å². The Balaban J connectivity index is 1.91. The molecule has 0 aliphatic rings. The zero-order chi connectivity index (χ0) is 13.7. The Labute approximate surface area is 109 Å². The standard InChI is InChI=1S/C14H12O5/c1-10-8-17-13(7-12(10)15)14(16)19-18-9-11-5-3-2-4-6-11/h2-8H,9H2,1H3. The van der Waals surface area contributed by atoms with Gasteiger partial charge < -0.3 is 4.42 Å². The second kappa shape index (κ2) is 5.97. The van der Waals surface area contributed by atoms with Crippen LogP contribution in [0.1, 0.15) is 21.7 Å². The maximum Gasteiger partial charge on any atom is 0.408 e. The van der Waals surface area contributed by atoms with Crippen LogP contribution in [0.2, 0.25) is 0 Å². The average Bonchev–Trinajstić information content (AvgIpc) is 2.43. The number of benzene rings is 1. The molecular weight excluding hydrogens is 248 g/mol. The van der Waals surface area contributed by atoms with E-state index in [1.165, 1.54) is 6.26 Å². The van der Waals surface area contributed by atoms with Crippen molar-refractivity contribution in [3.05, 3.63) is 69.8 Å². The van der Waals surface area contributed by atoms with E-state index in [2.05, 4.69) is 4.89 Å². The quantitative estimate of drug-likeness (QED) is 0.623. The number of hydrogen-bond acceptors (Lipinski definition) is 5. The molecule has 0 saturated heterocycles. The Morgan fingerprint density at radius 1 is 1.26 bits per heavy atom. The first-order chi connectivity index (χ1) is 9.16. The van der Waals surface area contributed by atoms with E-state index in [4.69, 9.17) is 9.30 Å². The van der Waals surface area contributed by atoms with E-state index < -0.39 is 5.97 Å². The average molecular weight is 260 g/mol. The molecule has 0 saturated carbocycles. The third-order valence-corrected chi connectivity index (χ3v) is 2.42. The lowest BCUT2D eigenvalue weighted by atomic mass is 10.2. The van der Waals surface area contributed by atoms with Crippen LogP contribution in [0, 0.1) is 6.92 Å². The normalized spacial score (nSPS) is 10.2. The molecule has 1 heterocycles. The maximum atomic E-state index is 11.5. The van der Waals surface area contributed by atoms with Crippen molar-refractivity contribution < 1.29 is 19.0 Å². The van der Waals surface area contributed by atoms with Gasteiger partial charge in [-0.15, -0.1) is 0 Å². The molecule has 98 valence electrons. The van der Waals surface area contributed by atoms with Crippen LogP contribution in [0.3, 0.4) is 0 Å². The van der Waals surface area contributed by atoms with Crippen LogP contribution in [0.5, 0.6) is 0 Å². The lowest BCUT2D eigenvalue weighted by molar-refractivity contribution is -0.251. The van der Waals surface area contributed by atoms with Crippen molar-refractivity contribution >= 4 is 5.97 Å². The van der Waals surface area contributed by atoms with Crippen LogP contribution in [-0.2, 0) is 16.4 Å². The lowest BCUT2D eigenvalue weighted by Gasteiger charge is -2.03. The fraction of sp³-hybridized carbons (Fsp3) is 0.143. The van der Waals surface area contributed by atoms with Crippen LogP contribution in [0.25, 0.3) is 0 Å². The number of aryl methyl sites for hydroxylation is 1. The van der Waals surface area contributed by atoms with E-state index in [-0.39, 0.29) is 17.8 Å².